The van der Waals surface area contributed by atoms with Crippen LogP contribution in [-0.4, -0.2) is 32.0 Å². The summed E-state index contributed by atoms with van der Waals surface area (Å²) in [4.78, 5) is 0. The van der Waals surface area contributed by atoms with E-state index in [1.165, 1.54) is 0 Å². The highest BCUT2D eigenvalue weighted by Gasteiger charge is 2.13. The molecule has 1 aromatic rings. The second-order valence-electron chi connectivity index (χ2n) is 4.12. The SMILES string of the molecule is CCc1nn(C)c(CNCC(C)S(C)=O)c1Cl. The average molecular weight is 278 g/mol. The zero-order valence-corrected chi connectivity index (χ0v) is 12.4. The van der Waals surface area contributed by atoms with E-state index in [2.05, 4.69) is 10.4 Å². The van der Waals surface area contributed by atoms with E-state index in [9.17, 15) is 4.21 Å². The highest BCUT2D eigenvalue weighted by molar-refractivity contribution is 7.84. The van der Waals surface area contributed by atoms with E-state index >= 15 is 0 Å². The highest BCUT2D eigenvalue weighted by Crippen LogP contribution is 2.20. The first kappa shape index (κ1) is 14.7. The van der Waals surface area contributed by atoms with Crippen LogP contribution in [0.15, 0.2) is 0 Å². The first-order valence-corrected chi connectivity index (χ1v) is 7.70. The van der Waals surface area contributed by atoms with E-state index in [4.69, 9.17) is 11.6 Å². The summed E-state index contributed by atoms with van der Waals surface area (Å²) in [6, 6.07) is 0. The van der Waals surface area contributed by atoms with Gasteiger partial charge in [-0.25, -0.2) is 0 Å². The molecule has 4 nitrogen and oxygen atoms in total. The van der Waals surface area contributed by atoms with Gasteiger partial charge in [-0.15, -0.1) is 0 Å². The van der Waals surface area contributed by atoms with Crippen molar-refractivity contribution in [2.75, 3.05) is 12.8 Å². The maximum absolute atomic E-state index is 11.2. The molecule has 2 atom stereocenters. The van der Waals surface area contributed by atoms with Crippen LogP contribution < -0.4 is 5.32 Å². The van der Waals surface area contributed by atoms with Crippen molar-refractivity contribution < 1.29 is 4.21 Å². The van der Waals surface area contributed by atoms with Crippen LogP contribution in [0.4, 0.5) is 0 Å². The lowest BCUT2D eigenvalue weighted by Crippen LogP contribution is -2.27. The summed E-state index contributed by atoms with van der Waals surface area (Å²) in [5.41, 5.74) is 1.91. The molecule has 0 fully saturated rings. The molecule has 98 valence electrons. The number of hydrogen-bond donors (Lipinski definition) is 1. The van der Waals surface area contributed by atoms with E-state index < -0.39 is 10.8 Å². The summed E-state index contributed by atoms with van der Waals surface area (Å²) in [7, 11) is 1.10. The largest absolute Gasteiger partial charge is 0.310 e. The molecule has 17 heavy (non-hydrogen) atoms. The quantitative estimate of drug-likeness (QED) is 0.857. The molecular formula is C11H20ClN3OS. The van der Waals surface area contributed by atoms with Gasteiger partial charge in [0.05, 0.1) is 16.4 Å². The molecule has 1 heterocycles. The highest BCUT2D eigenvalue weighted by atomic mass is 35.5. The third kappa shape index (κ3) is 3.79. The number of rotatable bonds is 6. The second-order valence-corrected chi connectivity index (χ2v) is 6.30. The molecule has 0 amide bonds. The normalized spacial score (nSPS) is 14.9. The Kier molecular flexibility index (Phi) is 5.62. The Labute approximate surface area is 110 Å². The van der Waals surface area contributed by atoms with Crippen LogP contribution in [0.3, 0.4) is 0 Å². The molecule has 0 radical (unpaired) electrons. The Balaban J connectivity index is 2.58. The second kappa shape index (κ2) is 6.52. The number of nitrogens with zero attached hydrogens (tertiary/aromatic N) is 2. The molecule has 1 aromatic heterocycles. The fourth-order valence-corrected chi connectivity index (χ4v) is 2.24. The maximum atomic E-state index is 11.2. The third-order valence-corrected chi connectivity index (χ3v) is 4.53. The molecule has 0 aliphatic rings. The molecule has 0 aliphatic heterocycles. The van der Waals surface area contributed by atoms with Gasteiger partial charge in [0, 0.05) is 42.4 Å². The van der Waals surface area contributed by atoms with E-state index in [-0.39, 0.29) is 5.25 Å². The molecule has 0 spiro atoms. The molecule has 2 unspecified atom stereocenters. The number of hydrogen-bond acceptors (Lipinski definition) is 3. The van der Waals surface area contributed by atoms with Crippen molar-refractivity contribution in [2.24, 2.45) is 7.05 Å². The van der Waals surface area contributed by atoms with Crippen LogP contribution in [0.25, 0.3) is 0 Å². The lowest BCUT2D eigenvalue weighted by Gasteiger charge is -2.10. The molecule has 0 bridgehead atoms. The predicted octanol–water partition coefficient (Wildman–Crippen LogP) is 1.49. The fraction of sp³-hybridized carbons (Fsp3) is 0.727. The summed E-state index contributed by atoms with van der Waals surface area (Å²) in [5.74, 6) is 0. The number of aryl methyl sites for hydroxylation is 2. The smallest absolute Gasteiger partial charge is 0.0863 e. The van der Waals surface area contributed by atoms with E-state index in [0.29, 0.717) is 13.1 Å². The lowest BCUT2D eigenvalue weighted by atomic mass is 10.3. The van der Waals surface area contributed by atoms with Crippen molar-refractivity contribution in [1.29, 1.82) is 0 Å². The van der Waals surface area contributed by atoms with Crippen molar-refractivity contribution in [3.8, 4) is 0 Å². The van der Waals surface area contributed by atoms with Gasteiger partial charge in [0.1, 0.15) is 0 Å². The van der Waals surface area contributed by atoms with Gasteiger partial charge < -0.3 is 5.32 Å². The molecule has 6 heteroatoms. The molecule has 1 N–H and O–H groups in total. The number of halogens is 1. The van der Waals surface area contributed by atoms with Gasteiger partial charge in [0.2, 0.25) is 0 Å². The van der Waals surface area contributed by atoms with Gasteiger partial charge >= 0.3 is 0 Å². The summed E-state index contributed by atoms with van der Waals surface area (Å²) in [6.07, 6.45) is 2.56. The third-order valence-electron chi connectivity index (χ3n) is 2.79. The van der Waals surface area contributed by atoms with Gasteiger partial charge in [-0.05, 0) is 13.3 Å². The Bertz CT molecular complexity index is 406. The molecule has 0 saturated heterocycles. The first-order chi connectivity index (χ1) is 7.97. The maximum Gasteiger partial charge on any atom is 0.0863 e. The number of aromatic nitrogens is 2. The van der Waals surface area contributed by atoms with E-state index in [1.54, 1.807) is 6.26 Å². The number of nitrogens with one attached hydrogen (secondary N) is 1. The van der Waals surface area contributed by atoms with Crippen molar-refractivity contribution in [2.45, 2.75) is 32.1 Å². The lowest BCUT2D eigenvalue weighted by molar-refractivity contribution is 0.612. The summed E-state index contributed by atoms with van der Waals surface area (Å²) >= 11 is 6.22. The molecule has 1 rings (SSSR count). The van der Waals surface area contributed by atoms with Crippen LogP contribution in [0.5, 0.6) is 0 Å². The Morgan fingerprint density at radius 2 is 2.24 bits per heavy atom. The van der Waals surface area contributed by atoms with Crippen molar-refractivity contribution in [1.82, 2.24) is 15.1 Å². The molecular weight excluding hydrogens is 258 g/mol. The first-order valence-electron chi connectivity index (χ1n) is 5.70. The predicted molar refractivity (Wildman–Crippen MR) is 72.8 cm³/mol. The van der Waals surface area contributed by atoms with Gasteiger partial charge in [-0.1, -0.05) is 18.5 Å². The van der Waals surface area contributed by atoms with Crippen LogP contribution in [0, 0.1) is 0 Å². The Morgan fingerprint density at radius 1 is 1.59 bits per heavy atom. The standard InChI is InChI=1S/C11H20ClN3OS/c1-5-9-11(12)10(15(3)14-9)7-13-6-8(2)17(4)16/h8,13H,5-7H2,1-4H3. The van der Waals surface area contributed by atoms with E-state index in [1.807, 2.05) is 25.6 Å². The molecule has 0 aromatic carbocycles. The van der Waals surface area contributed by atoms with Crippen molar-refractivity contribution in [3.63, 3.8) is 0 Å². The van der Waals surface area contributed by atoms with Crippen LogP contribution in [-0.2, 0) is 30.8 Å². The monoisotopic (exact) mass is 277 g/mol. The summed E-state index contributed by atoms with van der Waals surface area (Å²) < 4.78 is 13.0. The van der Waals surface area contributed by atoms with Crippen LogP contribution in [0.2, 0.25) is 5.02 Å². The average Bonchev–Trinajstić information content (AvgIpc) is 2.55. The zero-order chi connectivity index (χ0) is 13.0. The molecule has 0 aliphatic carbocycles. The Hall–Kier alpha value is -0.390. The zero-order valence-electron chi connectivity index (χ0n) is 10.8. The minimum Gasteiger partial charge on any atom is -0.310 e. The van der Waals surface area contributed by atoms with Crippen molar-refractivity contribution >= 4 is 22.4 Å². The topological polar surface area (TPSA) is 46.9 Å². The Morgan fingerprint density at radius 3 is 2.71 bits per heavy atom. The van der Waals surface area contributed by atoms with Gasteiger partial charge in [-0.3, -0.25) is 8.89 Å². The molecule has 0 saturated carbocycles. The van der Waals surface area contributed by atoms with Gasteiger partial charge in [0.15, 0.2) is 0 Å². The van der Waals surface area contributed by atoms with E-state index in [0.717, 1.165) is 22.8 Å². The fourth-order valence-electron chi connectivity index (χ4n) is 1.52. The summed E-state index contributed by atoms with van der Waals surface area (Å²) in [6.45, 7) is 5.37. The minimum atomic E-state index is -0.793. The van der Waals surface area contributed by atoms with Gasteiger partial charge in [-0.2, -0.15) is 5.10 Å². The van der Waals surface area contributed by atoms with Crippen LogP contribution in [0.1, 0.15) is 25.2 Å². The van der Waals surface area contributed by atoms with Gasteiger partial charge in [0.25, 0.3) is 0 Å². The van der Waals surface area contributed by atoms with Crippen molar-refractivity contribution in [3.05, 3.63) is 16.4 Å². The van der Waals surface area contributed by atoms with Crippen LogP contribution >= 0.6 is 11.6 Å². The summed E-state index contributed by atoms with van der Waals surface area (Å²) in [5, 5.41) is 8.50. The minimum absolute atomic E-state index is 0.146.